The summed E-state index contributed by atoms with van der Waals surface area (Å²) < 4.78 is 0. The second kappa shape index (κ2) is 3.90. The normalized spacial score (nSPS) is 24.3. The first-order chi connectivity index (χ1) is 7.15. The molecule has 0 bridgehead atoms. The molecule has 1 aliphatic rings. The molecular weight excluding hydrogens is 192 g/mol. The number of hydrogen-bond acceptors (Lipinski definition) is 3. The quantitative estimate of drug-likeness (QED) is 0.617. The molecule has 0 heterocycles. The highest BCUT2D eigenvalue weighted by Crippen LogP contribution is 2.19. The average molecular weight is 206 g/mol. The van der Waals surface area contributed by atoms with E-state index < -0.39 is 0 Å². The summed E-state index contributed by atoms with van der Waals surface area (Å²) in [5.74, 6) is -0.126. The fraction of sp³-hybridized carbons (Fsp3) is 0.364. The Hall–Kier alpha value is -1.55. The maximum Gasteiger partial charge on any atom is 0.251 e. The number of aliphatic hydroxyl groups is 1. The zero-order valence-corrected chi connectivity index (χ0v) is 8.31. The third-order valence-corrected chi connectivity index (χ3v) is 2.60. The Kier molecular flexibility index (Phi) is 2.60. The summed E-state index contributed by atoms with van der Waals surface area (Å²) in [4.78, 5) is 11.7. The van der Waals surface area contributed by atoms with E-state index in [9.17, 15) is 4.79 Å². The Labute approximate surface area is 88.1 Å². The molecule has 1 amide bonds. The molecule has 4 heteroatoms. The molecule has 1 aromatic rings. The van der Waals surface area contributed by atoms with Crippen molar-refractivity contribution in [1.82, 2.24) is 5.32 Å². The third-order valence-electron chi connectivity index (χ3n) is 2.60. The number of hydrogen-bond donors (Lipinski definition) is 3. The highest BCUT2D eigenvalue weighted by molar-refractivity contribution is 5.95. The summed E-state index contributed by atoms with van der Waals surface area (Å²) in [6, 6.07) is 6.96. The Morgan fingerprint density at radius 3 is 2.80 bits per heavy atom. The van der Waals surface area contributed by atoms with Crippen molar-refractivity contribution >= 4 is 11.6 Å². The van der Waals surface area contributed by atoms with E-state index in [2.05, 4.69) is 5.32 Å². The van der Waals surface area contributed by atoms with E-state index in [1.54, 1.807) is 24.3 Å². The number of amides is 1. The van der Waals surface area contributed by atoms with E-state index in [1.807, 2.05) is 0 Å². The van der Waals surface area contributed by atoms with E-state index in [0.29, 0.717) is 24.1 Å². The van der Waals surface area contributed by atoms with Gasteiger partial charge in [-0.1, -0.05) is 6.07 Å². The lowest BCUT2D eigenvalue weighted by atomic mass is 9.89. The van der Waals surface area contributed by atoms with Crippen molar-refractivity contribution in [3.05, 3.63) is 29.8 Å². The SMILES string of the molecule is Nc1cccc(C(=O)NC2CC(O)C2)c1. The number of nitrogens with one attached hydrogen (secondary N) is 1. The van der Waals surface area contributed by atoms with Gasteiger partial charge in [0.2, 0.25) is 0 Å². The van der Waals surface area contributed by atoms with E-state index in [-0.39, 0.29) is 18.1 Å². The van der Waals surface area contributed by atoms with Crippen LogP contribution in [-0.2, 0) is 0 Å². The van der Waals surface area contributed by atoms with Crippen LogP contribution in [0, 0.1) is 0 Å². The van der Waals surface area contributed by atoms with E-state index in [1.165, 1.54) is 0 Å². The number of carbonyl (C=O) groups is 1. The van der Waals surface area contributed by atoms with Crippen LogP contribution >= 0.6 is 0 Å². The van der Waals surface area contributed by atoms with Gasteiger partial charge >= 0.3 is 0 Å². The standard InChI is InChI=1S/C11H14N2O2/c12-8-3-1-2-7(4-8)11(15)13-9-5-10(14)6-9/h1-4,9-10,14H,5-6,12H2,(H,13,15). The number of carbonyl (C=O) groups excluding carboxylic acids is 1. The minimum atomic E-state index is -0.254. The Balaban J connectivity index is 1.96. The predicted molar refractivity (Wildman–Crippen MR) is 57.3 cm³/mol. The van der Waals surface area contributed by atoms with Crippen molar-refractivity contribution in [3.8, 4) is 0 Å². The summed E-state index contributed by atoms with van der Waals surface area (Å²) in [5, 5.41) is 11.9. The number of benzene rings is 1. The van der Waals surface area contributed by atoms with Crippen LogP contribution in [-0.4, -0.2) is 23.2 Å². The van der Waals surface area contributed by atoms with Gasteiger partial charge in [-0.05, 0) is 31.0 Å². The van der Waals surface area contributed by atoms with Crippen molar-refractivity contribution in [2.45, 2.75) is 25.0 Å². The lowest BCUT2D eigenvalue weighted by Crippen LogP contribution is -2.46. The first kappa shape index (κ1) is 9.98. The van der Waals surface area contributed by atoms with Crippen LogP contribution in [0.5, 0.6) is 0 Å². The molecule has 1 fully saturated rings. The summed E-state index contributed by atoms with van der Waals surface area (Å²) in [6.45, 7) is 0. The van der Waals surface area contributed by atoms with Gasteiger partial charge in [-0.25, -0.2) is 0 Å². The number of nitrogen functional groups attached to an aromatic ring is 1. The molecule has 1 saturated carbocycles. The number of nitrogens with two attached hydrogens (primary N) is 1. The fourth-order valence-corrected chi connectivity index (χ4v) is 1.65. The maximum atomic E-state index is 11.7. The van der Waals surface area contributed by atoms with Crippen molar-refractivity contribution < 1.29 is 9.90 Å². The molecular formula is C11H14N2O2. The minimum Gasteiger partial charge on any atom is -0.399 e. The Morgan fingerprint density at radius 1 is 1.47 bits per heavy atom. The first-order valence-electron chi connectivity index (χ1n) is 4.99. The van der Waals surface area contributed by atoms with Crippen LogP contribution in [0.4, 0.5) is 5.69 Å². The van der Waals surface area contributed by atoms with Gasteiger partial charge in [0.05, 0.1) is 6.10 Å². The van der Waals surface area contributed by atoms with Crippen molar-refractivity contribution in [1.29, 1.82) is 0 Å². The smallest absolute Gasteiger partial charge is 0.251 e. The summed E-state index contributed by atoms with van der Waals surface area (Å²) >= 11 is 0. The third kappa shape index (κ3) is 2.27. The predicted octanol–water partition coefficient (Wildman–Crippen LogP) is 0.522. The maximum absolute atomic E-state index is 11.7. The molecule has 1 aromatic carbocycles. The van der Waals surface area contributed by atoms with Gasteiger partial charge in [0.15, 0.2) is 0 Å². The first-order valence-corrected chi connectivity index (χ1v) is 4.99. The largest absolute Gasteiger partial charge is 0.399 e. The molecule has 0 atom stereocenters. The second-order valence-corrected chi connectivity index (χ2v) is 3.92. The highest BCUT2D eigenvalue weighted by Gasteiger charge is 2.28. The molecule has 0 unspecified atom stereocenters. The second-order valence-electron chi connectivity index (χ2n) is 3.92. The van der Waals surface area contributed by atoms with Crippen molar-refractivity contribution in [2.24, 2.45) is 0 Å². The monoisotopic (exact) mass is 206 g/mol. The molecule has 0 radical (unpaired) electrons. The lowest BCUT2D eigenvalue weighted by Gasteiger charge is -2.31. The van der Waals surface area contributed by atoms with Gasteiger partial charge in [0, 0.05) is 17.3 Å². The van der Waals surface area contributed by atoms with Crippen LogP contribution in [0.3, 0.4) is 0 Å². The molecule has 1 aliphatic carbocycles. The summed E-state index contributed by atoms with van der Waals surface area (Å²) in [5.41, 5.74) is 6.72. The van der Waals surface area contributed by atoms with E-state index in [4.69, 9.17) is 10.8 Å². The molecule has 4 N–H and O–H groups in total. The van der Waals surface area contributed by atoms with Crippen LogP contribution < -0.4 is 11.1 Å². The fourth-order valence-electron chi connectivity index (χ4n) is 1.65. The van der Waals surface area contributed by atoms with Gasteiger partial charge in [-0.15, -0.1) is 0 Å². The Bertz CT molecular complexity index is 373. The zero-order chi connectivity index (χ0) is 10.8. The number of anilines is 1. The van der Waals surface area contributed by atoms with Gasteiger partial charge in [-0.3, -0.25) is 4.79 Å². The average Bonchev–Trinajstić information content (AvgIpc) is 2.15. The van der Waals surface area contributed by atoms with Crippen LogP contribution in [0.1, 0.15) is 23.2 Å². The lowest BCUT2D eigenvalue weighted by molar-refractivity contribution is 0.0562. The minimum absolute atomic E-state index is 0.105. The number of rotatable bonds is 2. The van der Waals surface area contributed by atoms with Crippen LogP contribution in [0.25, 0.3) is 0 Å². The zero-order valence-electron chi connectivity index (χ0n) is 8.31. The molecule has 80 valence electrons. The number of aliphatic hydroxyl groups excluding tert-OH is 1. The van der Waals surface area contributed by atoms with Gasteiger partial charge < -0.3 is 16.2 Å². The summed E-state index contributed by atoms with van der Waals surface area (Å²) in [7, 11) is 0. The Morgan fingerprint density at radius 2 is 2.20 bits per heavy atom. The summed E-state index contributed by atoms with van der Waals surface area (Å²) in [6.07, 6.45) is 1.04. The van der Waals surface area contributed by atoms with Crippen molar-refractivity contribution in [2.75, 3.05) is 5.73 Å². The molecule has 0 saturated heterocycles. The molecule has 0 aromatic heterocycles. The molecule has 0 aliphatic heterocycles. The van der Waals surface area contributed by atoms with E-state index >= 15 is 0 Å². The van der Waals surface area contributed by atoms with E-state index in [0.717, 1.165) is 0 Å². The highest BCUT2D eigenvalue weighted by atomic mass is 16.3. The molecule has 2 rings (SSSR count). The van der Waals surface area contributed by atoms with Crippen LogP contribution in [0.2, 0.25) is 0 Å². The van der Waals surface area contributed by atoms with Gasteiger partial charge in [-0.2, -0.15) is 0 Å². The van der Waals surface area contributed by atoms with Gasteiger partial charge in [0.1, 0.15) is 0 Å². The van der Waals surface area contributed by atoms with Gasteiger partial charge in [0.25, 0.3) is 5.91 Å². The molecule has 4 nitrogen and oxygen atoms in total. The topological polar surface area (TPSA) is 75.4 Å². The van der Waals surface area contributed by atoms with Crippen molar-refractivity contribution in [3.63, 3.8) is 0 Å². The molecule has 0 spiro atoms. The molecule has 15 heavy (non-hydrogen) atoms. The van der Waals surface area contributed by atoms with Crippen LogP contribution in [0.15, 0.2) is 24.3 Å².